The monoisotopic (exact) mass is 454 g/mol. The Morgan fingerprint density at radius 2 is 1.20 bits per heavy atom. The first-order chi connectivity index (χ1) is 14.1. The molecular weight excluding hydrogens is 420 g/mol. The Bertz CT molecular complexity index is 653. The average molecular weight is 454 g/mol. The molecule has 0 fully saturated rings. The quantitative estimate of drug-likeness (QED) is 0.199. The first kappa shape index (κ1) is 28.0. The molecule has 0 aliphatic heterocycles. The van der Waals surface area contributed by atoms with Crippen LogP contribution in [0.25, 0.3) is 0 Å². The minimum absolute atomic E-state index is 0. The molecule has 0 unspecified atom stereocenters. The molecule has 0 heterocycles. The van der Waals surface area contributed by atoms with E-state index in [1.807, 2.05) is 24.3 Å². The maximum Gasteiger partial charge on any atom is 2.00 e. The maximum atomic E-state index is 11.6. The number of unbranched alkanes of at least 4 members (excludes halogenated alkanes) is 5. The Balaban J connectivity index is 0.000000544. The third-order valence-electron chi connectivity index (χ3n) is 4.59. The molecule has 30 heavy (non-hydrogen) atoms. The van der Waals surface area contributed by atoms with Gasteiger partial charge in [0.1, 0.15) is 0 Å². The van der Waals surface area contributed by atoms with Gasteiger partial charge in [-0.15, -0.1) is 11.5 Å². The molecule has 0 aromatic heterocycles. The van der Waals surface area contributed by atoms with Crippen molar-refractivity contribution in [1.82, 2.24) is 0 Å². The number of allylic oxidation sites excluding steroid dienone is 12. The molecule has 4 nitrogen and oxygen atoms in total. The number of esters is 1. The number of carbonyl (C=O) groups excluding carboxylic acids is 1. The molecule has 0 radical (unpaired) electrons. The van der Waals surface area contributed by atoms with Crippen molar-refractivity contribution in [2.45, 2.75) is 71.6 Å². The van der Waals surface area contributed by atoms with Crippen molar-refractivity contribution in [3.8, 4) is 0 Å². The SMILES string of the molecule is CCCCCCCCC([O-])=C1C=CC=C1.CCOC(=O)CCC([O-])=C1C=CC=C1.[Fe+2]. The third kappa shape index (κ3) is 12.6. The predicted molar refractivity (Wildman–Crippen MR) is 114 cm³/mol. The van der Waals surface area contributed by atoms with Crippen molar-refractivity contribution >= 4 is 5.97 Å². The maximum absolute atomic E-state index is 11.6. The van der Waals surface area contributed by atoms with Crippen molar-refractivity contribution < 1.29 is 36.8 Å². The van der Waals surface area contributed by atoms with Gasteiger partial charge in [0.25, 0.3) is 0 Å². The molecule has 0 bridgehead atoms. The standard InChI is InChI=1S/C14H22O.C11H14O3.Fe/c1-2-3-4-5-6-7-12-14(15)13-10-8-9-11-13;1-2-14-11(13)8-7-10(12)9-5-3-4-6-9;/h8-11,15H,2-7,12H2,1H3;3-6,12H,2,7-8H2,1H3;/q;;+2/p-2. The van der Waals surface area contributed by atoms with Crippen molar-refractivity contribution in [2.24, 2.45) is 0 Å². The summed E-state index contributed by atoms with van der Waals surface area (Å²) in [6.45, 7) is 4.33. The number of carbonyl (C=O) groups is 1. The first-order valence-corrected chi connectivity index (χ1v) is 10.7. The summed E-state index contributed by atoms with van der Waals surface area (Å²) >= 11 is 0. The summed E-state index contributed by atoms with van der Waals surface area (Å²) in [4.78, 5) is 10.9. The van der Waals surface area contributed by atoms with Crippen molar-refractivity contribution in [3.05, 3.63) is 71.3 Å². The van der Waals surface area contributed by atoms with Crippen LogP contribution in [0.3, 0.4) is 0 Å². The van der Waals surface area contributed by atoms with Crippen LogP contribution in [-0.2, 0) is 26.6 Å². The molecule has 5 heteroatoms. The molecule has 0 aromatic carbocycles. The summed E-state index contributed by atoms with van der Waals surface area (Å²) in [7, 11) is 0. The van der Waals surface area contributed by atoms with Gasteiger partial charge in [-0.1, -0.05) is 94.1 Å². The minimum atomic E-state index is -0.313. The van der Waals surface area contributed by atoms with E-state index in [2.05, 4.69) is 6.92 Å². The number of rotatable bonds is 11. The van der Waals surface area contributed by atoms with E-state index in [1.165, 1.54) is 32.1 Å². The Kier molecular flexibility index (Phi) is 16.7. The van der Waals surface area contributed by atoms with Crippen LogP contribution in [0.1, 0.15) is 71.6 Å². The van der Waals surface area contributed by atoms with Gasteiger partial charge in [-0.25, -0.2) is 0 Å². The summed E-state index contributed by atoms with van der Waals surface area (Å²) in [6, 6.07) is 0. The second-order valence-electron chi connectivity index (χ2n) is 7.02. The fourth-order valence-corrected chi connectivity index (χ4v) is 2.92. The zero-order valence-corrected chi connectivity index (χ0v) is 19.3. The zero-order valence-electron chi connectivity index (χ0n) is 18.2. The van der Waals surface area contributed by atoms with E-state index >= 15 is 0 Å². The van der Waals surface area contributed by atoms with Crippen molar-refractivity contribution in [3.63, 3.8) is 0 Å². The number of hydrogen-bond acceptors (Lipinski definition) is 4. The van der Waals surface area contributed by atoms with Crippen molar-refractivity contribution in [1.29, 1.82) is 0 Å². The summed E-state index contributed by atoms with van der Waals surface area (Å²) in [5.41, 5.74) is 1.54. The van der Waals surface area contributed by atoms with Crippen LogP contribution >= 0.6 is 0 Å². The van der Waals surface area contributed by atoms with Gasteiger partial charge in [-0.3, -0.25) is 4.79 Å². The Labute approximate surface area is 192 Å². The van der Waals surface area contributed by atoms with Gasteiger partial charge in [0, 0.05) is 6.42 Å². The van der Waals surface area contributed by atoms with E-state index in [4.69, 9.17) is 4.74 Å². The molecule has 0 saturated heterocycles. The van der Waals surface area contributed by atoms with Crippen LogP contribution in [0.4, 0.5) is 0 Å². The predicted octanol–water partition coefficient (Wildman–Crippen LogP) is 4.55. The largest absolute Gasteiger partial charge is 2.00 e. The van der Waals surface area contributed by atoms with Crippen LogP contribution in [0.15, 0.2) is 71.3 Å². The topological polar surface area (TPSA) is 72.4 Å². The van der Waals surface area contributed by atoms with Crippen LogP contribution in [-0.4, -0.2) is 12.6 Å². The van der Waals surface area contributed by atoms with Crippen LogP contribution in [0, 0.1) is 0 Å². The molecule has 166 valence electrons. The second-order valence-corrected chi connectivity index (χ2v) is 7.02. The Hall–Kier alpha value is -1.97. The van der Waals surface area contributed by atoms with Gasteiger partial charge >= 0.3 is 23.0 Å². The molecule has 0 atom stereocenters. The fourth-order valence-electron chi connectivity index (χ4n) is 2.92. The molecule has 0 amide bonds. The van der Waals surface area contributed by atoms with E-state index in [1.54, 1.807) is 31.2 Å². The van der Waals surface area contributed by atoms with Gasteiger partial charge in [0.2, 0.25) is 0 Å². The second kappa shape index (κ2) is 17.9. The molecule has 2 aliphatic carbocycles. The van der Waals surface area contributed by atoms with Gasteiger partial charge in [0.15, 0.2) is 0 Å². The summed E-state index contributed by atoms with van der Waals surface area (Å²) in [6.07, 6.45) is 23.3. The molecule has 0 saturated carbocycles. The summed E-state index contributed by atoms with van der Waals surface area (Å²) in [5, 5.41) is 23.0. The molecule has 0 aromatic rings. The molecular formula is C25H34FeO4. The van der Waals surface area contributed by atoms with Crippen LogP contribution < -0.4 is 10.2 Å². The van der Waals surface area contributed by atoms with Crippen LogP contribution in [0.5, 0.6) is 0 Å². The van der Waals surface area contributed by atoms with Gasteiger partial charge in [0.05, 0.1) is 6.61 Å². The number of ether oxygens (including phenoxy) is 1. The smallest absolute Gasteiger partial charge is 0.875 e. The van der Waals surface area contributed by atoms with E-state index in [-0.39, 0.29) is 41.6 Å². The van der Waals surface area contributed by atoms with Gasteiger partial charge < -0.3 is 14.9 Å². The van der Waals surface area contributed by atoms with E-state index in [9.17, 15) is 15.0 Å². The normalized spacial score (nSPS) is 13.1. The summed E-state index contributed by atoms with van der Waals surface area (Å²) < 4.78 is 4.72. The average Bonchev–Trinajstić information content (AvgIpc) is 3.43. The Morgan fingerprint density at radius 1 is 0.733 bits per heavy atom. The van der Waals surface area contributed by atoms with Crippen molar-refractivity contribution in [2.75, 3.05) is 6.61 Å². The summed E-state index contributed by atoms with van der Waals surface area (Å²) in [5.74, 6) is -0.0223. The van der Waals surface area contributed by atoms with Gasteiger partial charge in [-0.2, -0.15) is 0 Å². The Morgan fingerprint density at radius 3 is 1.70 bits per heavy atom. The van der Waals surface area contributed by atoms with E-state index in [0.717, 1.165) is 18.4 Å². The molecule has 2 rings (SSSR count). The van der Waals surface area contributed by atoms with Gasteiger partial charge in [-0.05, 0) is 30.9 Å². The number of hydrogen-bond donors (Lipinski definition) is 0. The van der Waals surface area contributed by atoms with E-state index < -0.39 is 0 Å². The zero-order chi connectivity index (χ0) is 21.3. The first-order valence-electron chi connectivity index (χ1n) is 10.7. The van der Waals surface area contributed by atoms with E-state index in [0.29, 0.717) is 17.9 Å². The molecule has 2 aliphatic rings. The minimum Gasteiger partial charge on any atom is -0.875 e. The van der Waals surface area contributed by atoms with Crippen LogP contribution in [0.2, 0.25) is 0 Å². The molecule has 0 spiro atoms. The fraction of sp³-hybridized carbons (Fsp3) is 0.480. The third-order valence-corrected chi connectivity index (χ3v) is 4.59. The molecule has 0 N–H and O–H groups in total.